The minimum atomic E-state index is -1.80. The lowest BCUT2D eigenvalue weighted by molar-refractivity contribution is -0.134. The SMILES string of the molecule is COC(=O)C1=NC(=N)N=C(C(=O)OC)C12C(=O)Cc1ccccc12. The Kier molecular flexibility index (Phi) is 3.59. The second kappa shape index (κ2) is 5.48. The third kappa shape index (κ3) is 1.92. The van der Waals surface area contributed by atoms with E-state index in [2.05, 4.69) is 9.98 Å². The van der Waals surface area contributed by atoms with E-state index in [4.69, 9.17) is 14.9 Å². The first-order valence-corrected chi connectivity index (χ1v) is 7.02. The average molecular weight is 327 g/mol. The predicted octanol–water partition coefficient (Wildman–Crippen LogP) is 0.226. The molecule has 3 rings (SSSR count). The highest BCUT2D eigenvalue weighted by molar-refractivity contribution is 6.63. The molecule has 1 aliphatic heterocycles. The summed E-state index contributed by atoms with van der Waals surface area (Å²) in [7, 11) is 2.27. The van der Waals surface area contributed by atoms with Crippen LogP contribution in [0.1, 0.15) is 11.1 Å². The first kappa shape index (κ1) is 15.7. The van der Waals surface area contributed by atoms with Gasteiger partial charge in [0.2, 0.25) is 5.96 Å². The van der Waals surface area contributed by atoms with Gasteiger partial charge in [0.1, 0.15) is 0 Å². The van der Waals surface area contributed by atoms with E-state index >= 15 is 0 Å². The molecule has 122 valence electrons. The maximum Gasteiger partial charge on any atom is 0.354 e. The van der Waals surface area contributed by atoms with Crippen LogP contribution < -0.4 is 0 Å². The van der Waals surface area contributed by atoms with Crippen LogP contribution in [0.3, 0.4) is 0 Å². The van der Waals surface area contributed by atoms with Crippen LogP contribution in [0.25, 0.3) is 0 Å². The van der Waals surface area contributed by atoms with Crippen molar-refractivity contribution in [1.82, 2.24) is 0 Å². The zero-order chi connectivity index (χ0) is 17.5. The first-order chi connectivity index (χ1) is 11.5. The van der Waals surface area contributed by atoms with Crippen LogP contribution in [-0.2, 0) is 35.7 Å². The summed E-state index contributed by atoms with van der Waals surface area (Å²) in [5, 5.41) is 7.68. The van der Waals surface area contributed by atoms with E-state index in [1.165, 1.54) is 0 Å². The van der Waals surface area contributed by atoms with Crippen LogP contribution in [0, 0.1) is 5.41 Å². The molecule has 0 unspecified atom stereocenters. The van der Waals surface area contributed by atoms with E-state index in [9.17, 15) is 14.4 Å². The molecule has 0 bridgehead atoms. The highest BCUT2D eigenvalue weighted by Gasteiger charge is 2.60. The smallest absolute Gasteiger partial charge is 0.354 e. The van der Waals surface area contributed by atoms with Crippen LogP contribution in [0.2, 0.25) is 0 Å². The molecule has 1 aromatic rings. The number of carbonyl (C=O) groups excluding carboxylic acids is 3. The van der Waals surface area contributed by atoms with Gasteiger partial charge in [0, 0.05) is 6.42 Å². The van der Waals surface area contributed by atoms with Crippen molar-refractivity contribution in [2.24, 2.45) is 9.98 Å². The normalized spacial score (nSPS) is 21.9. The standard InChI is InChI=1S/C16H13N3O5/c1-23-13(21)11-16(12(14(22)24-2)19-15(17)18-11)9-6-4-3-5-8(9)7-10(16)20/h3-6,17H,7H2,1-2H3. The van der Waals surface area contributed by atoms with Crippen molar-refractivity contribution in [2.75, 3.05) is 14.2 Å². The molecular formula is C16H13N3O5. The van der Waals surface area contributed by atoms with Crippen LogP contribution in [-0.4, -0.2) is 49.3 Å². The van der Waals surface area contributed by atoms with E-state index in [0.717, 1.165) is 14.2 Å². The number of guanidine groups is 1. The average Bonchev–Trinajstić information content (AvgIpc) is 2.88. The van der Waals surface area contributed by atoms with Crippen molar-refractivity contribution in [3.8, 4) is 0 Å². The third-order valence-electron chi connectivity index (χ3n) is 4.09. The van der Waals surface area contributed by atoms with Gasteiger partial charge in [-0.2, -0.15) is 0 Å². The highest BCUT2D eigenvalue weighted by Crippen LogP contribution is 2.41. The van der Waals surface area contributed by atoms with Gasteiger partial charge in [-0.05, 0) is 11.1 Å². The Morgan fingerprint density at radius 1 is 1.08 bits per heavy atom. The molecule has 0 saturated carbocycles. The molecule has 0 atom stereocenters. The van der Waals surface area contributed by atoms with Gasteiger partial charge in [-0.1, -0.05) is 24.3 Å². The van der Waals surface area contributed by atoms with Crippen LogP contribution in [0.4, 0.5) is 0 Å². The number of nitrogens with one attached hydrogen (secondary N) is 1. The van der Waals surface area contributed by atoms with E-state index in [1.807, 2.05) is 0 Å². The van der Waals surface area contributed by atoms with Gasteiger partial charge in [0.15, 0.2) is 22.6 Å². The molecule has 1 spiro atoms. The maximum absolute atomic E-state index is 12.9. The minimum absolute atomic E-state index is 0.00946. The molecule has 1 aliphatic carbocycles. The summed E-state index contributed by atoms with van der Waals surface area (Å²) in [6.07, 6.45) is 0.00946. The molecule has 0 fully saturated rings. The number of ether oxygens (including phenoxy) is 2. The number of carbonyl (C=O) groups is 3. The number of ketones is 1. The number of esters is 2. The van der Waals surface area contributed by atoms with Crippen molar-refractivity contribution >= 4 is 35.1 Å². The lowest BCUT2D eigenvalue weighted by Gasteiger charge is -2.31. The van der Waals surface area contributed by atoms with Crippen LogP contribution in [0.5, 0.6) is 0 Å². The number of rotatable bonds is 2. The molecule has 1 N–H and O–H groups in total. The lowest BCUT2D eigenvalue weighted by Crippen LogP contribution is -2.56. The molecule has 0 radical (unpaired) electrons. The summed E-state index contributed by atoms with van der Waals surface area (Å²) < 4.78 is 9.45. The monoisotopic (exact) mass is 327 g/mol. The molecule has 8 nitrogen and oxygen atoms in total. The second-order valence-electron chi connectivity index (χ2n) is 5.23. The summed E-state index contributed by atoms with van der Waals surface area (Å²) in [5.41, 5.74) is -1.41. The Hall–Kier alpha value is -3.16. The van der Waals surface area contributed by atoms with Crippen molar-refractivity contribution in [3.05, 3.63) is 35.4 Å². The Labute approximate surface area is 136 Å². The number of Topliss-reactive ketones (excluding diaryl/α,β-unsaturated/α-hetero) is 1. The maximum atomic E-state index is 12.9. The van der Waals surface area contributed by atoms with Gasteiger partial charge in [0.05, 0.1) is 14.2 Å². The topological polar surface area (TPSA) is 118 Å². The summed E-state index contributed by atoms with van der Waals surface area (Å²) in [4.78, 5) is 45.1. The van der Waals surface area contributed by atoms with Crippen LogP contribution >= 0.6 is 0 Å². The van der Waals surface area contributed by atoms with E-state index in [-0.39, 0.29) is 17.8 Å². The highest BCUT2D eigenvalue weighted by atomic mass is 16.5. The van der Waals surface area contributed by atoms with Gasteiger partial charge in [0.25, 0.3) is 0 Å². The van der Waals surface area contributed by atoms with E-state index in [0.29, 0.717) is 11.1 Å². The Balaban J connectivity index is 2.38. The number of nitrogens with zero attached hydrogens (tertiary/aromatic N) is 2. The molecule has 2 aliphatic rings. The fourth-order valence-corrected chi connectivity index (χ4v) is 3.12. The molecule has 1 aromatic carbocycles. The Morgan fingerprint density at radius 3 is 2.17 bits per heavy atom. The van der Waals surface area contributed by atoms with Gasteiger partial charge in [-0.15, -0.1) is 0 Å². The quantitative estimate of drug-likeness (QED) is 0.780. The number of hydrogen-bond donors (Lipinski definition) is 1. The largest absolute Gasteiger partial charge is 0.464 e. The van der Waals surface area contributed by atoms with E-state index in [1.54, 1.807) is 24.3 Å². The lowest BCUT2D eigenvalue weighted by atomic mass is 9.71. The second-order valence-corrected chi connectivity index (χ2v) is 5.23. The molecule has 0 amide bonds. The van der Waals surface area contributed by atoms with Crippen molar-refractivity contribution in [2.45, 2.75) is 11.8 Å². The zero-order valence-electron chi connectivity index (χ0n) is 13.0. The summed E-state index contributed by atoms with van der Waals surface area (Å²) in [6.45, 7) is 0. The number of methoxy groups -OCH3 is 2. The number of fused-ring (bicyclic) bond motifs is 2. The first-order valence-electron chi connectivity index (χ1n) is 7.02. The molecule has 0 saturated heterocycles. The van der Waals surface area contributed by atoms with Crippen molar-refractivity contribution in [1.29, 1.82) is 5.41 Å². The van der Waals surface area contributed by atoms with Gasteiger partial charge >= 0.3 is 11.9 Å². The van der Waals surface area contributed by atoms with Crippen LogP contribution in [0.15, 0.2) is 34.3 Å². The predicted molar refractivity (Wildman–Crippen MR) is 83.5 cm³/mol. The fourth-order valence-electron chi connectivity index (χ4n) is 3.12. The molecule has 0 aromatic heterocycles. The van der Waals surface area contributed by atoms with Gasteiger partial charge < -0.3 is 9.47 Å². The van der Waals surface area contributed by atoms with Gasteiger partial charge in [-0.25, -0.2) is 19.6 Å². The summed E-state index contributed by atoms with van der Waals surface area (Å²) in [5.74, 6) is -2.81. The number of hydrogen-bond acceptors (Lipinski definition) is 6. The Morgan fingerprint density at radius 2 is 1.62 bits per heavy atom. The summed E-state index contributed by atoms with van der Waals surface area (Å²) in [6, 6.07) is 6.79. The van der Waals surface area contributed by atoms with Gasteiger partial charge in [-0.3, -0.25) is 10.2 Å². The Bertz CT molecular complexity index is 817. The molecule has 8 heteroatoms. The zero-order valence-corrected chi connectivity index (χ0v) is 13.0. The van der Waals surface area contributed by atoms with Crippen molar-refractivity contribution < 1.29 is 23.9 Å². The number of aliphatic imine (C=N–C) groups is 2. The molecule has 1 heterocycles. The number of benzene rings is 1. The molecule has 24 heavy (non-hydrogen) atoms. The minimum Gasteiger partial charge on any atom is -0.464 e. The fraction of sp³-hybridized carbons (Fsp3) is 0.250. The third-order valence-corrected chi connectivity index (χ3v) is 4.09. The van der Waals surface area contributed by atoms with E-state index < -0.39 is 29.1 Å². The van der Waals surface area contributed by atoms with Crippen molar-refractivity contribution in [3.63, 3.8) is 0 Å². The molecular weight excluding hydrogens is 314 g/mol. The summed E-state index contributed by atoms with van der Waals surface area (Å²) >= 11 is 0.